The monoisotopic (exact) mass is 689 g/mol. The molecule has 0 saturated carbocycles. The molecule has 0 aliphatic rings. The topological polar surface area (TPSA) is 90.2 Å². The van der Waals surface area contributed by atoms with Crippen LogP contribution < -0.4 is 0 Å². The van der Waals surface area contributed by atoms with Crippen LogP contribution in [0.2, 0.25) is 0 Å². The Morgan fingerprint density at radius 2 is 1.23 bits per heavy atom. The Hall–Kier alpha value is -6.15. The molecule has 0 aliphatic carbocycles. The van der Waals surface area contributed by atoms with Gasteiger partial charge in [0.15, 0.2) is 5.82 Å². The van der Waals surface area contributed by atoms with Crippen molar-refractivity contribution in [2.45, 2.75) is 52.1 Å². The van der Waals surface area contributed by atoms with Gasteiger partial charge in [0.2, 0.25) is 5.91 Å². The Labute approximate surface area is 305 Å². The van der Waals surface area contributed by atoms with Crippen LogP contribution >= 0.6 is 0 Å². The Morgan fingerprint density at radius 3 is 1.73 bits per heavy atom. The highest BCUT2D eigenvalue weighted by atomic mass is 16.5. The Bertz CT molecular complexity index is 2040. The summed E-state index contributed by atoms with van der Waals surface area (Å²) < 4.78 is 7.02. The van der Waals surface area contributed by atoms with Gasteiger partial charge in [-0.1, -0.05) is 153 Å². The van der Waals surface area contributed by atoms with Gasteiger partial charge in [0.1, 0.15) is 11.2 Å². The van der Waals surface area contributed by atoms with E-state index in [2.05, 4.69) is 52.8 Å². The van der Waals surface area contributed by atoms with Crippen LogP contribution in [0.5, 0.6) is 0 Å². The number of unbranched alkanes of at least 4 members (excludes halogenated alkanes) is 1. The number of ether oxygens (including phenoxy) is 1. The minimum atomic E-state index is -0.893. The molecule has 1 aromatic heterocycles. The van der Waals surface area contributed by atoms with Gasteiger partial charge in [0.25, 0.3) is 0 Å². The van der Waals surface area contributed by atoms with Crippen LogP contribution in [0.1, 0.15) is 62.3 Å². The van der Waals surface area contributed by atoms with E-state index in [1.807, 2.05) is 123 Å². The standard InChI is InChI=1S/C44H43N5O3/c1-5-6-26-40(50)48(41(32(2)3)43(51)52-4)31-33-27-29-34(30-28-33)38-24-16-17-25-39(38)42-45-46-47-49(42)44(35-18-10-7-11-19-35,36-20-12-8-13-21-36)37-22-14-9-15-23-37/h7-25,27-30H,5-6,26,31H2,1-4H3. The molecule has 0 bridgehead atoms. The van der Waals surface area contributed by atoms with E-state index in [9.17, 15) is 9.59 Å². The van der Waals surface area contributed by atoms with Crippen LogP contribution in [-0.2, 0) is 26.4 Å². The number of aromatic nitrogens is 4. The molecule has 0 unspecified atom stereocenters. The largest absolute Gasteiger partial charge is 0.464 e. The fraction of sp³-hybridized carbons (Fsp3) is 0.205. The lowest BCUT2D eigenvalue weighted by molar-refractivity contribution is -0.142. The number of hydrogen-bond donors (Lipinski definition) is 0. The first-order valence-electron chi connectivity index (χ1n) is 17.6. The fourth-order valence-electron chi connectivity index (χ4n) is 6.82. The lowest BCUT2D eigenvalue weighted by atomic mass is 9.77. The molecule has 8 heteroatoms. The highest BCUT2D eigenvalue weighted by Crippen LogP contribution is 2.43. The van der Waals surface area contributed by atoms with Crippen molar-refractivity contribution < 1.29 is 14.3 Å². The van der Waals surface area contributed by atoms with Gasteiger partial charge in [-0.05, 0) is 69.6 Å². The molecule has 262 valence electrons. The van der Waals surface area contributed by atoms with Gasteiger partial charge in [-0.15, -0.1) is 5.10 Å². The molecule has 52 heavy (non-hydrogen) atoms. The summed E-state index contributed by atoms with van der Waals surface area (Å²) in [7, 11) is 1.34. The SMILES string of the molecule is CCCCC(=O)N(Cc1ccc(-c2ccccc2-c2nnnn2C(c2ccccc2)(c2ccccc2)c2ccccc2)cc1)C(C(=O)OC)=C(C)C. The molecule has 8 nitrogen and oxygen atoms in total. The molecule has 1 amide bonds. The predicted molar refractivity (Wildman–Crippen MR) is 204 cm³/mol. The van der Waals surface area contributed by atoms with Crippen molar-refractivity contribution >= 4 is 11.9 Å². The molecule has 0 fully saturated rings. The molecule has 0 aliphatic heterocycles. The maximum Gasteiger partial charge on any atom is 0.354 e. The second kappa shape index (κ2) is 16.2. The second-order valence-electron chi connectivity index (χ2n) is 12.9. The third-order valence-electron chi connectivity index (χ3n) is 9.30. The summed E-state index contributed by atoms with van der Waals surface area (Å²) in [6.45, 7) is 5.93. The number of amides is 1. The molecule has 6 rings (SSSR count). The summed E-state index contributed by atoms with van der Waals surface area (Å²) in [4.78, 5) is 27.8. The van der Waals surface area contributed by atoms with E-state index in [1.165, 1.54) is 7.11 Å². The number of rotatable bonds is 13. The molecule has 0 saturated heterocycles. The normalized spacial score (nSPS) is 11.2. The van der Waals surface area contributed by atoms with Crippen LogP contribution in [0, 0.1) is 0 Å². The third-order valence-corrected chi connectivity index (χ3v) is 9.30. The molecule has 0 N–H and O–H groups in total. The molecule has 0 atom stereocenters. The average molecular weight is 690 g/mol. The minimum absolute atomic E-state index is 0.108. The highest BCUT2D eigenvalue weighted by molar-refractivity contribution is 5.94. The molecule has 0 spiro atoms. The average Bonchev–Trinajstić information content (AvgIpc) is 3.68. The van der Waals surface area contributed by atoms with Crippen LogP contribution in [0.15, 0.2) is 151 Å². The summed E-state index contributed by atoms with van der Waals surface area (Å²) in [5, 5.41) is 13.7. The molecular formula is C44H43N5O3. The summed E-state index contributed by atoms with van der Waals surface area (Å²) in [5.74, 6) is -0.0237. The van der Waals surface area contributed by atoms with Crippen LogP contribution in [0.4, 0.5) is 0 Å². The van der Waals surface area contributed by atoms with Crippen molar-refractivity contribution in [3.8, 4) is 22.5 Å². The Balaban J connectivity index is 1.45. The van der Waals surface area contributed by atoms with Gasteiger partial charge in [0.05, 0.1) is 13.7 Å². The van der Waals surface area contributed by atoms with Crippen molar-refractivity contribution in [3.05, 3.63) is 173 Å². The van der Waals surface area contributed by atoms with Gasteiger partial charge < -0.3 is 9.64 Å². The van der Waals surface area contributed by atoms with Gasteiger partial charge >= 0.3 is 5.97 Å². The number of allylic oxidation sites excluding steroid dienone is 1. The molecule has 5 aromatic carbocycles. The summed E-state index contributed by atoms with van der Waals surface area (Å²) in [6.07, 6.45) is 1.96. The van der Waals surface area contributed by atoms with Crippen molar-refractivity contribution in [1.29, 1.82) is 0 Å². The Kier molecular flexibility index (Phi) is 11.1. The van der Waals surface area contributed by atoms with Crippen molar-refractivity contribution in [3.63, 3.8) is 0 Å². The van der Waals surface area contributed by atoms with E-state index in [1.54, 1.807) is 4.90 Å². The van der Waals surface area contributed by atoms with E-state index < -0.39 is 11.5 Å². The number of carbonyl (C=O) groups excluding carboxylic acids is 2. The first-order valence-corrected chi connectivity index (χ1v) is 17.6. The third kappa shape index (κ3) is 7.05. The van der Waals surface area contributed by atoms with E-state index >= 15 is 0 Å². The number of carbonyl (C=O) groups is 2. The molecular weight excluding hydrogens is 647 g/mol. The number of esters is 1. The molecule has 0 radical (unpaired) electrons. The van der Waals surface area contributed by atoms with Gasteiger partial charge in [-0.25, -0.2) is 9.48 Å². The summed E-state index contributed by atoms with van der Waals surface area (Å²) >= 11 is 0. The smallest absolute Gasteiger partial charge is 0.354 e. The first kappa shape index (κ1) is 35.7. The maximum atomic E-state index is 13.4. The number of benzene rings is 5. The zero-order valence-corrected chi connectivity index (χ0v) is 30.1. The zero-order chi connectivity index (χ0) is 36.5. The van der Waals surface area contributed by atoms with Crippen molar-refractivity contribution in [2.75, 3.05) is 7.11 Å². The molecule has 1 heterocycles. The van der Waals surface area contributed by atoms with Crippen LogP contribution in [0.25, 0.3) is 22.5 Å². The van der Waals surface area contributed by atoms with Gasteiger partial charge in [0, 0.05) is 12.0 Å². The molecule has 6 aromatic rings. The Morgan fingerprint density at radius 1 is 0.712 bits per heavy atom. The number of nitrogens with zero attached hydrogens (tertiary/aromatic N) is 5. The van der Waals surface area contributed by atoms with Crippen LogP contribution in [0.3, 0.4) is 0 Å². The number of methoxy groups -OCH3 is 1. The first-order chi connectivity index (χ1) is 25.4. The van der Waals surface area contributed by atoms with E-state index in [0.29, 0.717) is 12.2 Å². The minimum Gasteiger partial charge on any atom is -0.464 e. The zero-order valence-electron chi connectivity index (χ0n) is 30.1. The quantitative estimate of drug-likeness (QED) is 0.0684. The van der Waals surface area contributed by atoms with E-state index in [0.717, 1.165) is 57.4 Å². The highest BCUT2D eigenvalue weighted by Gasteiger charge is 2.42. The maximum absolute atomic E-state index is 13.4. The van der Waals surface area contributed by atoms with E-state index in [4.69, 9.17) is 9.95 Å². The number of hydrogen-bond acceptors (Lipinski definition) is 6. The number of tetrazole rings is 1. The lowest BCUT2D eigenvalue weighted by Crippen LogP contribution is -2.39. The second-order valence-corrected chi connectivity index (χ2v) is 12.9. The van der Waals surface area contributed by atoms with Crippen molar-refractivity contribution in [1.82, 2.24) is 25.1 Å². The van der Waals surface area contributed by atoms with Gasteiger partial charge in [-0.3, -0.25) is 4.79 Å². The van der Waals surface area contributed by atoms with Gasteiger partial charge in [-0.2, -0.15) is 0 Å². The van der Waals surface area contributed by atoms with Crippen molar-refractivity contribution in [2.24, 2.45) is 0 Å². The predicted octanol–water partition coefficient (Wildman–Crippen LogP) is 8.83. The summed E-state index contributed by atoms with van der Waals surface area (Å²) in [5.41, 5.74) is 6.81. The fourth-order valence-corrected chi connectivity index (χ4v) is 6.82. The summed E-state index contributed by atoms with van der Waals surface area (Å²) in [6, 6.07) is 47.2. The lowest BCUT2D eigenvalue weighted by Gasteiger charge is -2.36. The van der Waals surface area contributed by atoms with Crippen LogP contribution in [-0.4, -0.2) is 44.1 Å². The van der Waals surface area contributed by atoms with E-state index in [-0.39, 0.29) is 18.1 Å².